The van der Waals surface area contributed by atoms with Crippen molar-refractivity contribution in [2.75, 3.05) is 5.32 Å². The summed E-state index contributed by atoms with van der Waals surface area (Å²) in [6.45, 7) is 8.41. The fourth-order valence-electron chi connectivity index (χ4n) is 6.24. The van der Waals surface area contributed by atoms with Gasteiger partial charge in [0.15, 0.2) is 11.4 Å². The Morgan fingerprint density at radius 2 is 1.85 bits per heavy atom. The molecule has 1 saturated heterocycles. The zero-order valence-electron chi connectivity index (χ0n) is 26.8. The molecule has 0 spiro atoms. The predicted molar refractivity (Wildman–Crippen MR) is 183 cm³/mol. The van der Waals surface area contributed by atoms with Crippen LogP contribution < -0.4 is 5.32 Å². The van der Waals surface area contributed by atoms with Crippen LogP contribution in [-0.2, 0) is 22.3 Å². The van der Waals surface area contributed by atoms with Gasteiger partial charge in [-0.3, -0.25) is 19.4 Å². The summed E-state index contributed by atoms with van der Waals surface area (Å²) in [6, 6.07) is 4.81. The molecule has 1 fully saturated rings. The third kappa shape index (κ3) is 6.10. The fraction of sp³-hybridized carbons (Fsp3) is 0.333. The van der Waals surface area contributed by atoms with Crippen LogP contribution in [0.3, 0.4) is 0 Å². The van der Waals surface area contributed by atoms with Gasteiger partial charge >= 0.3 is 6.18 Å². The summed E-state index contributed by atoms with van der Waals surface area (Å²) in [7, 11) is 0. The van der Waals surface area contributed by atoms with E-state index in [0.29, 0.717) is 51.0 Å². The Bertz CT molecular complexity index is 2140. The Hall–Kier alpha value is -4.54. The maximum Gasteiger partial charge on any atom is 0.433 e. The van der Waals surface area contributed by atoms with Crippen molar-refractivity contribution in [2.24, 2.45) is 5.92 Å². The second kappa shape index (κ2) is 12.5. The molecular weight excluding hydrogens is 740 g/mol. The van der Waals surface area contributed by atoms with Crippen LogP contribution >= 0.6 is 20.7 Å². The van der Waals surface area contributed by atoms with Crippen molar-refractivity contribution in [1.29, 1.82) is 0 Å². The van der Waals surface area contributed by atoms with Crippen LogP contribution in [0.1, 0.15) is 53.3 Å². The molecule has 5 aromatic rings. The van der Waals surface area contributed by atoms with E-state index in [2.05, 4.69) is 24.9 Å². The predicted octanol–water partition coefficient (Wildman–Crippen LogP) is 5.89. The summed E-state index contributed by atoms with van der Waals surface area (Å²) in [4.78, 5) is 55.0. The van der Waals surface area contributed by atoms with E-state index in [4.69, 9.17) is 4.98 Å². The average Bonchev–Trinajstić information content (AvgIpc) is 3.69. The van der Waals surface area contributed by atoms with Gasteiger partial charge in [-0.1, -0.05) is 17.5 Å². The van der Waals surface area contributed by atoms with Crippen molar-refractivity contribution in [3.63, 3.8) is 0 Å². The molecule has 0 aliphatic carbocycles. The third-order valence-electron chi connectivity index (χ3n) is 8.49. The van der Waals surface area contributed by atoms with Gasteiger partial charge in [-0.05, 0) is 57.7 Å². The van der Waals surface area contributed by atoms with Crippen LogP contribution in [0.2, 0.25) is 0 Å². The molecule has 0 radical (unpaired) electrons. The van der Waals surface area contributed by atoms with Gasteiger partial charge < -0.3 is 14.8 Å². The number of carbonyl (C=O) groups excluding carboxylic acids is 3. The van der Waals surface area contributed by atoms with E-state index in [1.54, 1.807) is 41.4 Å². The number of amides is 2. The number of likely N-dealkylation sites (tertiary alicyclic amines) is 1. The van der Waals surface area contributed by atoms with Gasteiger partial charge in [0.05, 0.1) is 26.6 Å². The van der Waals surface area contributed by atoms with Gasteiger partial charge in [0.25, 0.3) is 0 Å². The highest BCUT2D eigenvalue weighted by Crippen LogP contribution is 2.38. The van der Waals surface area contributed by atoms with E-state index in [1.807, 2.05) is 26.1 Å². The van der Waals surface area contributed by atoms with Crippen LogP contribution in [0, 0.1) is 26.7 Å². The van der Waals surface area contributed by atoms with Crippen LogP contribution in [0.4, 0.5) is 19.0 Å². The highest BCUT2D eigenvalue weighted by atomic mass is 127. The lowest BCUT2D eigenvalue weighted by Gasteiger charge is -2.29. The number of rotatable bonds is 7. The second-order valence-electron chi connectivity index (χ2n) is 12.1. The summed E-state index contributed by atoms with van der Waals surface area (Å²) >= 11 is -0.794. The van der Waals surface area contributed by atoms with E-state index in [-0.39, 0.29) is 34.0 Å². The highest BCUT2D eigenvalue weighted by Gasteiger charge is 2.44. The molecule has 1 aliphatic rings. The van der Waals surface area contributed by atoms with Gasteiger partial charge in [0.2, 0.25) is 11.8 Å². The van der Waals surface area contributed by atoms with Crippen molar-refractivity contribution < 1.29 is 27.6 Å². The Labute approximate surface area is 283 Å². The maximum atomic E-state index is 14.1. The molecule has 0 unspecified atom stereocenters. The largest absolute Gasteiger partial charge is 0.433 e. The van der Waals surface area contributed by atoms with Gasteiger partial charge in [-0.25, -0.2) is 14.5 Å². The lowest BCUT2D eigenvalue weighted by Crippen LogP contribution is -2.47. The number of Topliss-reactive ketones (excluding diaryl/α,β-unsaturated/α-hetero) is 1. The SMILES string of the molecule is C=I[C@@H]1[C@@H](C)C[C@@H](C(=O)Nc2nc(C(F)(F)F)ccc2C)N1C(=O)Cn1cc(C(C)=O)c2cc(-c3cnc4cc(C)nn4c3)nc(C)c21. The zero-order valence-corrected chi connectivity index (χ0v) is 28.9. The topological polar surface area (TPSA) is 127 Å². The molecular formula is C33H32F3IN8O3. The van der Waals surface area contributed by atoms with Crippen LogP contribution in [0.5, 0.6) is 0 Å². The highest BCUT2D eigenvalue weighted by molar-refractivity contribution is 14.2. The number of halogens is 4. The number of aryl methyl sites for hydroxylation is 3. The lowest BCUT2D eigenvalue weighted by atomic mass is 10.1. The number of anilines is 1. The van der Waals surface area contributed by atoms with Crippen molar-refractivity contribution >= 4 is 65.2 Å². The summed E-state index contributed by atoms with van der Waals surface area (Å²) in [6.07, 6.45) is 0.764. The Morgan fingerprint density at radius 1 is 1.10 bits per heavy atom. The average molecular weight is 773 g/mol. The number of hydrogen-bond acceptors (Lipinski definition) is 7. The minimum Gasteiger partial charge on any atom is -0.336 e. The molecule has 250 valence electrons. The molecule has 0 aromatic carbocycles. The minimum absolute atomic E-state index is 0.0600. The Kier molecular flexibility index (Phi) is 8.68. The normalized spacial score (nSPS) is 18.2. The number of carbonyl (C=O) groups is 3. The Balaban J connectivity index is 1.33. The first kappa shape index (κ1) is 33.4. The lowest BCUT2D eigenvalue weighted by molar-refractivity contribution is -0.141. The van der Waals surface area contributed by atoms with E-state index < -0.39 is 44.6 Å². The van der Waals surface area contributed by atoms with Crippen LogP contribution in [0.25, 0.3) is 27.8 Å². The van der Waals surface area contributed by atoms with Gasteiger partial charge in [-0.15, -0.1) is 20.7 Å². The van der Waals surface area contributed by atoms with Crippen molar-refractivity contribution in [2.45, 2.75) is 63.9 Å². The quantitative estimate of drug-likeness (QED) is 0.0947. The first-order valence-corrected chi connectivity index (χ1v) is 17.8. The fourth-order valence-corrected chi connectivity index (χ4v) is 8.53. The third-order valence-corrected chi connectivity index (χ3v) is 11.2. The molecule has 2 amide bonds. The summed E-state index contributed by atoms with van der Waals surface area (Å²) in [5.41, 5.74) is 3.60. The maximum absolute atomic E-state index is 14.1. The van der Waals surface area contributed by atoms with Crippen LogP contribution in [0.15, 0.2) is 42.9 Å². The van der Waals surface area contributed by atoms with Crippen LogP contribution in [-0.4, -0.2) is 66.2 Å². The second-order valence-corrected chi connectivity index (χ2v) is 14.2. The van der Waals surface area contributed by atoms with Crippen molar-refractivity contribution in [3.05, 3.63) is 71.1 Å². The molecule has 6 rings (SSSR count). The molecule has 6 heterocycles. The minimum atomic E-state index is -4.68. The van der Waals surface area contributed by atoms with Crippen molar-refractivity contribution in [3.8, 4) is 11.3 Å². The molecule has 1 N–H and O–H groups in total. The first-order valence-electron chi connectivity index (χ1n) is 15.0. The molecule has 0 saturated carbocycles. The molecule has 1 aliphatic heterocycles. The van der Waals surface area contributed by atoms with E-state index in [0.717, 1.165) is 11.8 Å². The molecule has 48 heavy (non-hydrogen) atoms. The number of aromatic nitrogens is 6. The molecule has 15 heteroatoms. The van der Waals surface area contributed by atoms with E-state index in [1.165, 1.54) is 17.9 Å². The van der Waals surface area contributed by atoms with E-state index in [9.17, 15) is 27.6 Å². The Morgan fingerprint density at radius 3 is 2.54 bits per heavy atom. The van der Waals surface area contributed by atoms with E-state index >= 15 is 0 Å². The number of fused-ring (bicyclic) bond motifs is 2. The number of pyridine rings is 2. The number of hydrogen-bond donors (Lipinski definition) is 1. The molecule has 3 atom stereocenters. The van der Waals surface area contributed by atoms with Gasteiger partial charge in [-0.2, -0.15) is 18.3 Å². The zero-order chi connectivity index (χ0) is 34.7. The standard InChI is InChI=1S/C33H32F3IN8O3/c1-16-7-8-26(33(34,35)36)40-31(16)41-32(48)25-9-17(2)30(37-6)45(25)28(47)15-43-14-23(20(5)46)22-11-24(39-19(4)29(22)43)21-12-38-27-10-18(3)42-44(27)13-21/h7-8,10-14,17,25,30H,6,9,15H2,1-5H3,(H,40,41,48)/t17-,25-,30-/m0/s1. The van der Waals surface area contributed by atoms with Gasteiger partial charge in [0.1, 0.15) is 24.1 Å². The molecule has 11 nitrogen and oxygen atoms in total. The van der Waals surface area contributed by atoms with Crippen molar-refractivity contribution in [1.82, 2.24) is 34.0 Å². The molecule has 0 bridgehead atoms. The summed E-state index contributed by atoms with van der Waals surface area (Å²) in [5.74, 6) is -1.46. The number of nitrogens with zero attached hydrogens (tertiary/aromatic N) is 7. The number of ketones is 1. The number of alkyl halides is 4. The number of nitrogens with one attached hydrogen (secondary N) is 1. The smallest absolute Gasteiger partial charge is 0.336 e. The summed E-state index contributed by atoms with van der Waals surface area (Å²) < 4.78 is 47.2. The first-order chi connectivity index (χ1) is 22.7. The molecule has 5 aromatic heterocycles. The monoisotopic (exact) mass is 772 g/mol. The van der Waals surface area contributed by atoms with Gasteiger partial charge in [0, 0.05) is 41.2 Å². The summed E-state index contributed by atoms with van der Waals surface area (Å²) in [5, 5.41) is 7.59.